The molecule has 0 saturated carbocycles. The lowest BCUT2D eigenvalue weighted by molar-refractivity contribution is -0.153. The van der Waals surface area contributed by atoms with Crippen molar-refractivity contribution in [1.29, 1.82) is 0 Å². The van der Waals surface area contributed by atoms with Crippen molar-refractivity contribution in [2.45, 2.75) is 76.9 Å². The molecule has 210 valence electrons. The van der Waals surface area contributed by atoms with Crippen molar-refractivity contribution in [3.8, 4) is 0 Å². The average molecular weight is 558 g/mol. The van der Waals surface area contributed by atoms with Crippen LogP contribution in [0.3, 0.4) is 0 Å². The van der Waals surface area contributed by atoms with Crippen LogP contribution < -0.4 is 5.32 Å². The number of carbonyl (C=O) groups excluding carboxylic acids is 3. The number of nitrogens with one attached hydrogen (secondary N) is 2. The van der Waals surface area contributed by atoms with E-state index in [1.807, 2.05) is 38.1 Å². The molecule has 3 aromatic rings. The number of methoxy groups -OCH3 is 1. The number of thioether (sulfide) groups is 1. The molecule has 4 rings (SSSR count). The van der Waals surface area contributed by atoms with Crippen LogP contribution >= 0.6 is 11.8 Å². The molecular weight excluding hydrogens is 522 g/mol. The van der Waals surface area contributed by atoms with Gasteiger partial charge in [0.15, 0.2) is 0 Å². The summed E-state index contributed by atoms with van der Waals surface area (Å²) < 4.78 is 16.2. The lowest BCUT2D eigenvalue weighted by Crippen LogP contribution is -2.49. The highest BCUT2D eigenvalue weighted by Gasteiger charge is 2.37. The molecule has 0 fully saturated rings. The van der Waals surface area contributed by atoms with Gasteiger partial charge in [-0.1, -0.05) is 43.8 Å². The zero-order valence-electron chi connectivity index (χ0n) is 23.1. The summed E-state index contributed by atoms with van der Waals surface area (Å²) in [4.78, 5) is 43.2. The zero-order chi connectivity index (χ0) is 28.3. The third-order valence-electron chi connectivity index (χ3n) is 6.24. The van der Waals surface area contributed by atoms with Crippen LogP contribution in [-0.4, -0.2) is 62.6 Å². The van der Waals surface area contributed by atoms with Gasteiger partial charge >= 0.3 is 12.1 Å². The van der Waals surface area contributed by atoms with Crippen LogP contribution in [0.25, 0.3) is 10.9 Å². The number of nitrogens with zero attached hydrogens (tertiary/aromatic N) is 3. The number of hydrogen-bond acceptors (Lipinski definition) is 9. The fraction of sp³-hybridized carbons (Fsp3) is 0.519. The second-order valence-corrected chi connectivity index (χ2v) is 11.8. The summed E-state index contributed by atoms with van der Waals surface area (Å²) in [6.07, 6.45) is 0.345. The fourth-order valence-electron chi connectivity index (χ4n) is 4.59. The first kappa shape index (κ1) is 28.5. The van der Waals surface area contributed by atoms with Crippen molar-refractivity contribution in [3.05, 3.63) is 41.4 Å². The molecule has 0 aliphatic carbocycles. The van der Waals surface area contributed by atoms with Gasteiger partial charge in [-0.2, -0.15) is 0 Å². The maximum Gasteiger partial charge on any atom is 0.408 e. The van der Waals surface area contributed by atoms with Gasteiger partial charge in [0, 0.05) is 23.0 Å². The van der Waals surface area contributed by atoms with Gasteiger partial charge in [-0.25, -0.2) is 9.59 Å². The first-order valence-corrected chi connectivity index (χ1v) is 13.8. The minimum Gasteiger partial charge on any atom is -0.467 e. The van der Waals surface area contributed by atoms with E-state index in [2.05, 4.69) is 20.5 Å². The van der Waals surface area contributed by atoms with E-state index in [9.17, 15) is 14.4 Å². The van der Waals surface area contributed by atoms with Crippen molar-refractivity contribution >= 4 is 40.6 Å². The van der Waals surface area contributed by atoms with Crippen LogP contribution in [0.4, 0.5) is 4.79 Å². The van der Waals surface area contributed by atoms with E-state index in [4.69, 9.17) is 13.9 Å². The highest BCUT2D eigenvalue weighted by molar-refractivity contribution is 7.99. The standard InChI is InChI=1S/C27H35N5O6S/c1-15(2)11-19(29-25(35)38-27(3,4)5)23-30-31-26(37-23)39-14-22(33)32-13-20-17(12-21(32)24(34)36-6)16-9-7-8-10-18(16)28-20/h7-10,15,19,21,28H,11-14H2,1-6H3,(H,29,35). The summed E-state index contributed by atoms with van der Waals surface area (Å²) in [5.41, 5.74) is 2.24. The van der Waals surface area contributed by atoms with Gasteiger partial charge in [0.05, 0.1) is 19.4 Å². The lowest BCUT2D eigenvalue weighted by Gasteiger charge is -2.33. The number of aromatic amines is 1. The third kappa shape index (κ3) is 6.92. The zero-order valence-corrected chi connectivity index (χ0v) is 23.9. The third-order valence-corrected chi connectivity index (χ3v) is 7.04. The molecule has 11 nitrogen and oxygen atoms in total. The molecule has 2 amide bonds. The Bertz CT molecular complexity index is 1340. The molecule has 0 bridgehead atoms. The Morgan fingerprint density at radius 1 is 1.23 bits per heavy atom. The van der Waals surface area contributed by atoms with Gasteiger partial charge in [-0.15, -0.1) is 10.2 Å². The van der Waals surface area contributed by atoms with Crippen LogP contribution in [0.2, 0.25) is 0 Å². The second-order valence-electron chi connectivity index (χ2n) is 10.9. The molecule has 0 spiro atoms. The second kappa shape index (κ2) is 11.7. The Hall–Kier alpha value is -3.54. The van der Waals surface area contributed by atoms with E-state index in [-0.39, 0.29) is 35.2 Å². The summed E-state index contributed by atoms with van der Waals surface area (Å²) in [5, 5.41) is 12.2. The Balaban J connectivity index is 1.45. The van der Waals surface area contributed by atoms with Crippen LogP contribution in [0.5, 0.6) is 0 Å². The van der Waals surface area contributed by atoms with E-state index >= 15 is 0 Å². The highest BCUT2D eigenvalue weighted by Crippen LogP contribution is 2.32. The Kier molecular flexibility index (Phi) is 8.53. The van der Waals surface area contributed by atoms with Crippen molar-refractivity contribution in [1.82, 2.24) is 25.4 Å². The molecule has 0 radical (unpaired) electrons. The number of rotatable bonds is 8. The summed E-state index contributed by atoms with van der Waals surface area (Å²) in [5.74, 6) is -0.269. The van der Waals surface area contributed by atoms with Crippen LogP contribution in [0, 0.1) is 5.92 Å². The summed E-state index contributed by atoms with van der Waals surface area (Å²) >= 11 is 1.08. The summed E-state index contributed by atoms with van der Waals surface area (Å²) in [6.45, 7) is 9.65. The van der Waals surface area contributed by atoms with E-state index in [1.54, 1.807) is 20.8 Å². The SMILES string of the molecule is COC(=O)C1Cc2c([nH]c3ccccc23)CN1C(=O)CSc1nnc(C(CC(C)C)NC(=O)OC(C)(C)C)o1. The highest BCUT2D eigenvalue weighted by atomic mass is 32.2. The fourth-order valence-corrected chi connectivity index (χ4v) is 5.24. The number of carbonyl (C=O) groups is 3. The number of amides is 2. The predicted octanol–water partition coefficient (Wildman–Crippen LogP) is 4.38. The molecule has 2 N–H and O–H groups in total. The van der Waals surface area contributed by atoms with Gasteiger partial charge < -0.3 is 29.1 Å². The molecule has 12 heteroatoms. The van der Waals surface area contributed by atoms with E-state index in [0.29, 0.717) is 12.8 Å². The number of benzene rings is 1. The lowest BCUT2D eigenvalue weighted by atomic mass is 9.96. The predicted molar refractivity (Wildman–Crippen MR) is 145 cm³/mol. The molecule has 1 aliphatic heterocycles. The Morgan fingerprint density at radius 3 is 2.67 bits per heavy atom. The van der Waals surface area contributed by atoms with Gasteiger partial charge in [0.1, 0.15) is 17.7 Å². The van der Waals surface area contributed by atoms with Gasteiger partial charge in [0.25, 0.3) is 5.22 Å². The topological polar surface area (TPSA) is 140 Å². The summed E-state index contributed by atoms with van der Waals surface area (Å²) in [6, 6.07) is 6.59. The number of para-hydroxylation sites is 1. The van der Waals surface area contributed by atoms with E-state index in [0.717, 1.165) is 33.9 Å². The monoisotopic (exact) mass is 557 g/mol. The number of H-pyrrole nitrogens is 1. The molecule has 2 aromatic heterocycles. The molecule has 39 heavy (non-hydrogen) atoms. The molecule has 3 heterocycles. The van der Waals surface area contributed by atoms with Crippen LogP contribution in [-0.2, 0) is 32.0 Å². The minimum absolute atomic E-state index is 0.0149. The number of ether oxygens (including phenoxy) is 2. The maximum absolute atomic E-state index is 13.3. The van der Waals surface area contributed by atoms with Crippen molar-refractivity contribution in [2.75, 3.05) is 12.9 Å². The van der Waals surface area contributed by atoms with Gasteiger partial charge in [-0.05, 0) is 44.7 Å². The maximum atomic E-state index is 13.3. The molecule has 1 aromatic carbocycles. The minimum atomic E-state index is -0.735. The Labute approximate surface area is 231 Å². The quantitative estimate of drug-likeness (QED) is 0.305. The Morgan fingerprint density at radius 2 is 1.97 bits per heavy atom. The van der Waals surface area contributed by atoms with E-state index < -0.39 is 29.7 Å². The van der Waals surface area contributed by atoms with Crippen molar-refractivity contribution in [3.63, 3.8) is 0 Å². The molecule has 1 aliphatic rings. The van der Waals surface area contributed by atoms with Gasteiger partial charge in [-0.3, -0.25) is 4.79 Å². The first-order chi connectivity index (χ1) is 18.4. The molecule has 2 atom stereocenters. The summed E-state index contributed by atoms with van der Waals surface area (Å²) in [7, 11) is 1.32. The first-order valence-electron chi connectivity index (χ1n) is 12.9. The van der Waals surface area contributed by atoms with E-state index in [1.165, 1.54) is 12.0 Å². The number of fused-ring (bicyclic) bond motifs is 3. The number of aromatic nitrogens is 3. The molecular formula is C27H35N5O6S. The number of esters is 1. The number of hydrogen-bond donors (Lipinski definition) is 2. The van der Waals surface area contributed by atoms with Gasteiger partial charge in [0.2, 0.25) is 11.8 Å². The van der Waals surface area contributed by atoms with Crippen LogP contribution in [0.1, 0.15) is 64.2 Å². The van der Waals surface area contributed by atoms with Crippen molar-refractivity contribution in [2.24, 2.45) is 5.92 Å². The smallest absolute Gasteiger partial charge is 0.408 e. The van der Waals surface area contributed by atoms with Crippen LogP contribution in [0.15, 0.2) is 33.9 Å². The number of alkyl carbamates (subject to hydrolysis) is 1. The molecule has 0 saturated heterocycles. The normalized spacial score (nSPS) is 16.2. The molecule has 2 unspecified atom stereocenters. The van der Waals surface area contributed by atoms with Crippen molar-refractivity contribution < 1.29 is 28.3 Å². The largest absolute Gasteiger partial charge is 0.467 e. The average Bonchev–Trinajstić information content (AvgIpc) is 3.48.